The number of likely N-dealkylation sites (N-methyl/N-ethyl adjacent to an activating group) is 1. The molecule has 1 aliphatic rings. The fourth-order valence-electron chi connectivity index (χ4n) is 0.936. The molecule has 0 aromatic heterocycles. The van der Waals surface area contributed by atoms with Gasteiger partial charge in [-0.2, -0.15) is 0 Å². The molecule has 0 spiro atoms. The van der Waals surface area contributed by atoms with Gasteiger partial charge in [-0.05, 0) is 0 Å². The zero-order valence-electron chi connectivity index (χ0n) is 6.24. The van der Waals surface area contributed by atoms with E-state index >= 15 is 0 Å². The Kier molecular flexibility index (Phi) is 2.30. The van der Waals surface area contributed by atoms with Gasteiger partial charge in [0.1, 0.15) is 6.10 Å². The summed E-state index contributed by atoms with van der Waals surface area (Å²) in [6.45, 7) is 0.930. The van der Waals surface area contributed by atoms with Crippen molar-refractivity contribution in [1.82, 2.24) is 10.2 Å². The number of carbonyl (C=O) groups excluding carboxylic acids is 2. The minimum absolute atomic E-state index is 0.197. The van der Waals surface area contributed by atoms with Crippen LogP contribution >= 0.6 is 0 Å². The maximum Gasteiger partial charge on any atom is 0.410 e. The van der Waals surface area contributed by atoms with Gasteiger partial charge < -0.3 is 15.0 Å². The molecule has 1 fully saturated rings. The van der Waals surface area contributed by atoms with Gasteiger partial charge in [0, 0.05) is 7.05 Å². The number of rotatable bonds is 3. The second kappa shape index (κ2) is 3.23. The van der Waals surface area contributed by atoms with Crippen molar-refractivity contribution < 1.29 is 14.3 Å². The third kappa shape index (κ3) is 1.83. The van der Waals surface area contributed by atoms with Crippen molar-refractivity contribution in [2.75, 3.05) is 20.1 Å². The Morgan fingerprint density at radius 3 is 3.09 bits per heavy atom. The average molecular weight is 158 g/mol. The fourth-order valence-corrected chi connectivity index (χ4v) is 0.936. The Balaban J connectivity index is 2.29. The number of ether oxygens (including phenoxy) is 1. The highest BCUT2D eigenvalue weighted by molar-refractivity contribution is 5.69. The lowest BCUT2D eigenvalue weighted by Gasteiger charge is -2.04. The topological polar surface area (TPSA) is 58.6 Å². The number of cyclic esters (lactones) is 1. The number of amides is 2. The molecular weight excluding hydrogens is 148 g/mol. The highest BCUT2D eigenvalue weighted by Crippen LogP contribution is 2.06. The maximum absolute atomic E-state index is 10.7. The summed E-state index contributed by atoms with van der Waals surface area (Å²) < 4.78 is 4.84. The van der Waals surface area contributed by atoms with Crippen LogP contribution in [0.25, 0.3) is 0 Å². The monoisotopic (exact) mass is 158 g/mol. The minimum Gasteiger partial charge on any atom is -0.442 e. The van der Waals surface area contributed by atoms with Crippen LogP contribution in [0.4, 0.5) is 4.79 Å². The summed E-state index contributed by atoms with van der Waals surface area (Å²) in [5, 5.41) is 2.45. The lowest BCUT2D eigenvalue weighted by atomic mass is 10.3. The molecule has 5 heteroatoms. The summed E-state index contributed by atoms with van der Waals surface area (Å²) in [5.41, 5.74) is 0. The molecule has 5 nitrogen and oxygen atoms in total. The Hall–Kier alpha value is -1.26. The van der Waals surface area contributed by atoms with Crippen LogP contribution in [0.1, 0.15) is 0 Å². The molecule has 1 aliphatic heterocycles. The molecule has 1 atom stereocenters. The number of nitrogens with one attached hydrogen (secondary N) is 1. The first-order chi connectivity index (χ1) is 5.24. The van der Waals surface area contributed by atoms with E-state index < -0.39 is 0 Å². The lowest BCUT2D eigenvalue weighted by Crippen LogP contribution is -2.28. The van der Waals surface area contributed by atoms with Gasteiger partial charge >= 0.3 is 6.09 Å². The van der Waals surface area contributed by atoms with E-state index in [-0.39, 0.29) is 12.2 Å². The van der Waals surface area contributed by atoms with E-state index in [0.29, 0.717) is 19.5 Å². The summed E-state index contributed by atoms with van der Waals surface area (Å²) in [6, 6.07) is 0. The molecule has 0 aromatic rings. The van der Waals surface area contributed by atoms with Crippen LogP contribution in [0.15, 0.2) is 0 Å². The van der Waals surface area contributed by atoms with Crippen LogP contribution in [-0.4, -0.2) is 43.6 Å². The summed E-state index contributed by atoms with van der Waals surface area (Å²) in [7, 11) is 1.66. The molecule has 0 radical (unpaired) electrons. The van der Waals surface area contributed by atoms with Crippen LogP contribution in [-0.2, 0) is 9.53 Å². The minimum atomic E-state index is -0.331. The van der Waals surface area contributed by atoms with Gasteiger partial charge in [0.05, 0.1) is 13.1 Å². The lowest BCUT2D eigenvalue weighted by molar-refractivity contribution is -0.109. The van der Waals surface area contributed by atoms with Crippen LogP contribution in [0.5, 0.6) is 0 Å². The quantitative estimate of drug-likeness (QED) is 0.546. The molecule has 0 aliphatic carbocycles. The molecule has 1 heterocycles. The van der Waals surface area contributed by atoms with Gasteiger partial charge in [0.25, 0.3) is 0 Å². The Bertz CT molecular complexity index is 171. The molecule has 1 rings (SSSR count). The summed E-state index contributed by atoms with van der Waals surface area (Å²) in [4.78, 5) is 22.1. The van der Waals surface area contributed by atoms with Gasteiger partial charge in [0.15, 0.2) is 0 Å². The summed E-state index contributed by atoms with van der Waals surface area (Å²) >= 11 is 0. The highest BCUT2D eigenvalue weighted by Gasteiger charge is 2.27. The molecule has 0 bridgehead atoms. The smallest absolute Gasteiger partial charge is 0.410 e. The van der Waals surface area contributed by atoms with E-state index in [9.17, 15) is 9.59 Å². The van der Waals surface area contributed by atoms with Crippen molar-refractivity contribution in [3.05, 3.63) is 0 Å². The second-order valence-electron chi connectivity index (χ2n) is 2.41. The molecule has 1 unspecified atom stereocenters. The van der Waals surface area contributed by atoms with E-state index in [0.717, 1.165) is 0 Å². The molecule has 1 N–H and O–H groups in total. The fraction of sp³-hybridized carbons (Fsp3) is 0.667. The van der Waals surface area contributed by atoms with Gasteiger partial charge in [0.2, 0.25) is 6.41 Å². The Morgan fingerprint density at radius 1 is 1.91 bits per heavy atom. The molecule has 62 valence electrons. The zero-order chi connectivity index (χ0) is 8.27. The first-order valence-corrected chi connectivity index (χ1v) is 3.33. The SMILES string of the molecule is CN1CC(CNC=O)OC1=O. The first kappa shape index (κ1) is 7.84. The van der Waals surface area contributed by atoms with E-state index in [4.69, 9.17) is 4.74 Å². The van der Waals surface area contributed by atoms with Gasteiger partial charge in [-0.1, -0.05) is 0 Å². The maximum atomic E-state index is 10.7. The summed E-state index contributed by atoms with van der Waals surface area (Å²) in [6.07, 6.45) is 0.0620. The molecule has 0 aromatic carbocycles. The molecule has 1 saturated heterocycles. The predicted octanol–water partition coefficient (Wildman–Crippen LogP) is -0.817. The van der Waals surface area contributed by atoms with E-state index in [1.54, 1.807) is 7.05 Å². The summed E-state index contributed by atoms with van der Waals surface area (Å²) in [5.74, 6) is 0. The first-order valence-electron chi connectivity index (χ1n) is 3.33. The van der Waals surface area contributed by atoms with Gasteiger partial charge in [-0.3, -0.25) is 4.79 Å². The van der Waals surface area contributed by atoms with Crippen LogP contribution in [0.2, 0.25) is 0 Å². The van der Waals surface area contributed by atoms with Crippen molar-refractivity contribution >= 4 is 12.5 Å². The predicted molar refractivity (Wildman–Crippen MR) is 37.0 cm³/mol. The molecule has 0 saturated carbocycles. The zero-order valence-corrected chi connectivity index (χ0v) is 6.24. The standard InChI is InChI=1S/C6H10N2O3/c1-8-3-5(2-7-4-9)11-6(8)10/h4-5H,2-3H2,1H3,(H,7,9). The number of hydrogen-bond donors (Lipinski definition) is 1. The molecule has 11 heavy (non-hydrogen) atoms. The number of carbonyl (C=O) groups is 2. The number of nitrogens with zero attached hydrogens (tertiary/aromatic N) is 1. The van der Waals surface area contributed by atoms with Crippen LogP contribution in [0.3, 0.4) is 0 Å². The number of hydrogen-bond acceptors (Lipinski definition) is 3. The second-order valence-corrected chi connectivity index (χ2v) is 2.41. The van der Waals surface area contributed by atoms with Gasteiger partial charge in [-0.25, -0.2) is 4.79 Å². The van der Waals surface area contributed by atoms with Gasteiger partial charge in [-0.15, -0.1) is 0 Å². The van der Waals surface area contributed by atoms with Crippen molar-refractivity contribution in [1.29, 1.82) is 0 Å². The van der Waals surface area contributed by atoms with Crippen LogP contribution in [0, 0.1) is 0 Å². The largest absolute Gasteiger partial charge is 0.442 e. The third-order valence-corrected chi connectivity index (χ3v) is 1.49. The van der Waals surface area contributed by atoms with E-state index in [1.165, 1.54) is 4.90 Å². The van der Waals surface area contributed by atoms with E-state index in [2.05, 4.69) is 5.32 Å². The average Bonchev–Trinajstić information content (AvgIpc) is 2.28. The van der Waals surface area contributed by atoms with Crippen molar-refractivity contribution in [3.8, 4) is 0 Å². The van der Waals surface area contributed by atoms with Crippen molar-refractivity contribution in [2.24, 2.45) is 0 Å². The van der Waals surface area contributed by atoms with Crippen molar-refractivity contribution in [3.63, 3.8) is 0 Å². The van der Waals surface area contributed by atoms with Crippen LogP contribution < -0.4 is 5.32 Å². The third-order valence-electron chi connectivity index (χ3n) is 1.49. The Labute approximate surface area is 64.3 Å². The van der Waals surface area contributed by atoms with E-state index in [1.807, 2.05) is 0 Å². The normalized spacial score (nSPS) is 23.2. The Morgan fingerprint density at radius 2 is 2.64 bits per heavy atom. The molecule has 2 amide bonds. The highest BCUT2D eigenvalue weighted by atomic mass is 16.6. The van der Waals surface area contributed by atoms with Crippen molar-refractivity contribution in [2.45, 2.75) is 6.10 Å². The molecular formula is C6H10N2O3.